The summed E-state index contributed by atoms with van der Waals surface area (Å²) in [6.07, 6.45) is 1.77. The van der Waals surface area contributed by atoms with Gasteiger partial charge < -0.3 is 9.64 Å². The molecule has 0 aliphatic carbocycles. The van der Waals surface area contributed by atoms with Gasteiger partial charge in [-0.3, -0.25) is 9.89 Å². The molecule has 5 nitrogen and oxygen atoms in total. The number of aryl methyl sites for hydroxylation is 1. The fourth-order valence-corrected chi connectivity index (χ4v) is 2.96. The number of carbonyl (C=O) groups excluding carboxylic acids is 1. The van der Waals surface area contributed by atoms with Crippen LogP contribution in [0.1, 0.15) is 27.7 Å². The molecule has 0 aromatic carbocycles. The Kier molecular flexibility index (Phi) is 3.35. The van der Waals surface area contributed by atoms with Gasteiger partial charge in [0.1, 0.15) is 0 Å². The van der Waals surface area contributed by atoms with Crippen LogP contribution in [0.3, 0.4) is 0 Å². The molecule has 100 valence electrons. The van der Waals surface area contributed by atoms with Gasteiger partial charge in [-0.1, -0.05) is 0 Å². The molecule has 1 saturated heterocycles. The van der Waals surface area contributed by atoms with Gasteiger partial charge in [0, 0.05) is 11.9 Å². The first kappa shape index (κ1) is 12.4. The third kappa shape index (κ3) is 2.29. The third-order valence-electron chi connectivity index (χ3n) is 3.36. The molecule has 0 radical (unpaired) electrons. The van der Waals surface area contributed by atoms with Gasteiger partial charge in [0.2, 0.25) is 0 Å². The second-order valence-corrected chi connectivity index (χ2v) is 5.35. The van der Waals surface area contributed by atoms with Crippen LogP contribution in [0.5, 0.6) is 0 Å². The molecular weight excluding hydrogens is 262 g/mol. The van der Waals surface area contributed by atoms with Gasteiger partial charge in [-0.25, -0.2) is 0 Å². The first-order chi connectivity index (χ1) is 9.27. The van der Waals surface area contributed by atoms with E-state index in [-0.39, 0.29) is 11.9 Å². The van der Waals surface area contributed by atoms with Crippen LogP contribution >= 0.6 is 11.3 Å². The number of nitrogens with zero attached hydrogens (tertiary/aromatic N) is 2. The van der Waals surface area contributed by atoms with Crippen LogP contribution in [0.15, 0.2) is 23.0 Å². The summed E-state index contributed by atoms with van der Waals surface area (Å²) < 4.78 is 5.52. The van der Waals surface area contributed by atoms with E-state index in [1.54, 1.807) is 6.20 Å². The van der Waals surface area contributed by atoms with E-state index in [4.69, 9.17) is 4.74 Å². The Balaban J connectivity index is 1.90. The quantitative estimate of drug-likeness (QED) is 0.913. The van der Waals surface area contributed by atoms with Crippen molar-refractivity contribution < 1.29 is 9.53 Å². The lowest BCUT2D eigenvalue weighted by atomic mass is 10.1. The van der Waals surface area contributed by atoms with Crippen LogP contribution < -0.4 is 0 Å². The predicted molar refractivity (Wildman–Crippen MR) is 72.2 cm³/mol. The Bertz CT molecular complexity index is 564. The van der Waals surface area contributed by atoms with Crippen molar-refractivity contribution in [1.82, 2.24) is 15.1 Å². The molecule has 3 heterocycles. The number of aromatic nitrogens is 2. The number of morpholine rings is 1. The molecule has 1 fully saturated rings. The van der Waals surface area contributed by atoms with E-state index < -0.39 is 0 Å². The van der Waals surface area contributed by atoms with Crippen LogP contribution in [0.4, 0.5) is 0 Å². The molecule has 1 atom stereocenters. The summed E-state index contributed by atoms with van der Waals surface area (Å²) in [5.41, 5.74) is 2.76. The fourth-order valence-electron chi connectivity index (χ4n) is 2.33. The Morgan fingerprint density at radius 2 is 2.53 bits per heavy atom. The number of carbonyl (C=O) groups is 1. The van der Waals surface area contributed by atoms with E-state index in [0.717, 1.165) is 16.8 Å². The third-order valence-corrected chi connectivity index (χ3v) is 4.04. The van der Waals surface area contributed by atoms with Crippen LogP contribution in [0.25, 0.3) is 0 Å². The Labute approximate surface area is 115 Å². The number of hydrogen-bond acceptors (Lipinski definition) is 4. The first-order valence-corrected chi connectivity index (χ1v) is 7.12. The van der Waals surface area contributed by atoms with Crippen LogP contribution in [-0.2, 0) is 4.74 Å². The van der Waals surface area contributed by atoms with Crippen molar-refractivity contribution in [3.63, 3.8) is 0 Å². The monoisotopic (exact) mass is 277 g/mol. The summed E-state index contributed by atoms with van der Waals surface area (Å²) in [7, 11) is 0. The van der Waals surface area contributed by atoms with Gasteiger partial charge in [0.05, 0.1) is 36.7 Å². The van der Waals surface area contributed by atoms with Crippen molar-refractivity contribution in [2.75, 3.05) is 19.8 Å². The summed E-state index contributed by atoms with van der Waals surface area (Å²) in [5.74, 6) is 0.0588. The summed E-state index contributed by atoms with van der Waals surface area (Å²) in [4.78, 5) is 14.4. The summed E-state index contributed by atoms with van der Waals surface area (Å²) in [6, 6.07) is 1.78. The topological polar surface area (TPSA) is 58.2 Å². The second kappa shape index (κ2) is 5.14. The van der Waals surface area contributed by atoms with Gasteiger partial charge in [-0.2, -0.15) is 16.4 Å². The zero-order valence-electron chi connectivity index (χ0n) is 10.6. The second-order valence-electron chi connectivity index (χ2n) is 4.57. The molecule has 1 aliphatic heterocycles. The van der Waals surface area contributed by atoms with Crippen molar-refractivity contribution in [2.24, 2.45) is 0 Å². The molecule has 1 aliphatic rings. The Morgan fingerprint density at radius 1 is 1.63 bits per heavy atom. The Hall–Kier alpha value is -1.66. The molecule has 6 heteroatoms. The predicted octanol–water partition coefficient (Wildman–Crippen LogP) is 1.99. The maximum atomic E-state index is 12.5. The van der Waals surface area contributed by atoms with Crippen molar-refractivity contribution in [2.45, 2.75) is 13.0 Å². The number of ether oxygens (including phenoxy) is 1. The van der Waals surface area contributed by atoms with Crippen LogP contribution in [0.2, 0.25) is 0 Å². The van der Waals surface area contributed by atoms with E-state index >= 15 is 0 Å². The average Bonchev–Trinajstić information content (AvgIpc) is 3.09. The molecular formula is C13H15N3O2S. The average molecular weight is 277 g/mol. The van der Waals surface area contributed by atoms with E-state index in [2.05, 4.69) is 10.2 Å². The van der Waals surface area contributed by atoms with E-state index in [1.807, 2.05) is 28.7 Å². The lowest BCUT2D eigenvalue weighted by molar-refractivity contribution is -0.00404. The number of rotatable bonds is 2. The minimum Gasteiger partial charge on any atom is -0.377 e. The number of thiophene rings is 1. The number of aromatic amines is 1. The standard InChI is InChI=1S/C13H15N3O2S/c1-9-6-14-15-12(9)11-7-18-4-3-16(11)13(17)10-2-5-19-8-10/h2,5-6,8,11H,3-4,7H2,1H3,(H,14,15). The molecule has 1 unspecified atom stereocenters. The van der Waals surface area contributed by atoms with Crippen molar-refractivity contribution >= 4 is 17.2 Å². The van der Waals surface area contributed by atoms with Crippen molar-refractivity contribution in [1.29, 1.82) is 0 Å². The molecule has 2 aromatic heterocycles. The van der Waals surface area contributed by atoms with Gasteiger partial charge in [0.15, 0.2) is 0 Å². The van der Waals surface area contributed by atoms with Crippen molar-refractivity contribution in [3.8, 4) is 0 Å². The van der Waals surface area contributed by atoms with Crippen LogP contribution in [-0.4, -0.2) is 40.8 Å². The van der Waals surface area contributed by atoms with Gasteiger partial charge in [-0.05, 0) is 23.9 Å². The molecule has 2 aromatic rings. The summed E-state index contributed by atoms with van der Waals surface area (Å²) in [6.45, 7) is 3.69. The maximum absolute atomic E-state index is 12.5. The Morgan fingerprint density at radius 3 is 3.21 bits per heavy atom. The van der Waals surface area contributed by atoms with Crippen LogP contribution in [0, 0.1) is 6.92 Å². The highest BCUT2D eigenvalue weighted by Crippen LogP contribution is 2.26. The van der Waals surface area contributed by atoms with Gasteiger partial charge >= 0.3 is 0 Å². The highest BCUT2D eigenvalue weighted by atomic mass is 32.1. The van der Waals surface area contributed by atoms with E-state index in [9.17, 15) is 4.79 Å². The molecule has 0 spiro atoms. The van der Waals surface area contributed by atoms with E-state index in [1.165, 1.54) is 11.3 Å². The normalized spacial score (nSPS) is 19.6. The van der Waals surface area contributed by atoms with Crippen molar-refractivity contribution in [3.05, 3.63) is 39.8 Å². The summed E-state index contributed by atoms with van der Waals surface area (Å²) in [5, 5.41) is 10.8. The molecule has 1 amide bonds. The fraction of sp³-hybridized carbons (Fsp3) is 0.385. The number of nitrogens with one attached hydrogen (secondary N) is 1. The minimum atomic E-state index is -0.0800. The lowest BCUT2D eigenvalue weighted by Gasteiger charge is -2.35. The first-order valence-electron chi connectivity index (χ1n) is 6.18. The highest BCUT2D eigenvalue weighted by Gasteiger charge is 2.31. The lowest BCUT2D eigenvalue weighted by Crippen LogP contribution is -2.43. The molecule has 1 N–H and O–H groups in total. The van der Waals surface area contributed by atoms with Gasteiger partial charge in [0.25, 0.3) is 5.91 Å². The van der Waals surface area contributed by atoms with Gasteiger partial charge in [-0.15, -0.1) is 0 Å². The SMILES string of the molecule is Cc1cn[nH]c1C1COCCN1C(=O)c1ccsc1. The minimum absolute atomic E-state index is 0.0588. The highest BCUT2D eigenvalue weighted by molar-refractivity contribution is 7.08. The summed E-state index contributed by atoms with van der Waals surface area (Å²) >= 11 is 1.53. The molecule has 0 saturated carbocycles. The zero-order valence-corrected chi connectivity index (χ0v) is 11.4. The zero-order chi connectivity index (χ0) is 13.2. The number of hydrogen-bond donors (Lipinski definition) is 1. The molecule has 3 rings (SSSR count). The number of amides is 1. The largest absolute Gasteiger partial charge is 0.377 e. The smallest absolute Gasteiger partial charge is 0.255 e. The molecule has 0 bridgehead atoms. The maximum Gasteiger partial charge on any atom is 0.255 e. The van der Waals surface area contributed by atoms with E-state index in [0.29, 0.717) is 19.8 Å². The number of H-pyrrole nitrogens is 1. The molecule has 19 heavy (non-hydrogen) atoms.